The summed E-state index contributed by atoms with van der Waals surface area (Å²) in [7, 11) is 0. The summed E-state index contributed by atoms with van der Waals surface area (Å²) in [5, 5.41) is 0. The third-order valence-electron chi connectivity index (χ3n) is 2.56. The van der Waals surface area contributed by atoms with Crippen LogP contribution in [0.1, 0.15) is 12.8 Å². The molecule has 1 heterocycles. The third kappa shape index (κ3) is 5.42. The summed E-state index contributed by atoms with van der Waals surface area (Å²) >= 11 is 4.25. The van der Waals surface area contributed by atoms with Crippen LogP contribution in [-0.4, -0.2) is 31.1 Å². The van der Waals surface area contributed by atoms with Crippen LogP contribution in [0.15, 0.2) is 24.3 Å². The summed E-state index contributed by atoms with van der Waals surface area (Å²) in [5.74, 6) is 0.947. The number of benzene rings is 1. The van der Waals surface area contributed by atoms with Gasteiger partial charge in [-0.3, -0.25) is 4.90 Å². The van der Waals surface area contributed by atoms with Gasteiger partial charge >= 0.3 is 30.0 Å². The van der Waals surface area contributed by atoms with E-state index in [4.69, 9.17) is 4.74 Å². The van der Waals surface area contributed by atoms with Crippen LogP contribution in [0.5, 0.6) is 5.75 Å². The third-order valence-corrected chi connectivity index (χ3v) is 2.56. The Balaban J connectivity index is 0.000000606. The van der Waals surface area contributed by atoms with Crippen LogP contribution in [-0.2, 0) is 16.3 Å². The molecule has 1 aliphatic rings. The molecule has 0 atom stereocenters. The number of halogens is 1. The van der Waals surface area contributed by atoms with Crippen LogP contribution in [0.3, 0.4) is 0 Å². The predicted molar refractivity (Wildman–Crippen MR) is 65.4 cm³/mol. The average molecular weight is 336 g/mol. The molecule has 0 saturated carbocycles. The SMILES string of the molecule is [Zn+][Br].[c-]1ccc(OCCN2CCCC2)cc1. The molecule has 0 radical (unpaired) electrons. The van der Waals surface area contributed by atoms with E-state index in [9.17, 15) is 0 Å². The topological polar surface area (TPSA) is 12.5 Å². The molecule has 1 aromatic rings. The van der Waals surface area contributed by atoms with E-state index < -0.39 is 0 Å². The van der Waals surface area contributed by atoms with Crippen LogP contribution in [0.2, 0.25) is 0 Å². The van der Waals surface area contributed by atoms with Gasteiger partial charge in [-0.1, -0.05) is 0 Å². The number of hydrogen-bond acceptors (Lipinski definition) is 2. The van der Waals surface area contributed by atoms with Crippen molar-refractivity contribution in [2.45, 2.75) is 12.8 Å². The summed E-state index contributed by atoms with van der Waals surface area (Å²) in [5.41, 5.74) is 0. The molecule has 0 aromatic heterocycles. The minimum atomic E-state index is 0.796. The minimum absolute atomic E-state index is 0.796. The molecule has 2 nitrogen and oxygen atoms in total. The van der Waals surface area contributed by atoms with Crippen LogP contribution >= 0.6 is 13.6 Å². The molecule has 84 valence electrons. The molecule has 0 bridgehead atoms. The Morgan fingerprint density at radius 3 is 2.50 bits per heavy atom. The van der Waals surface area contributed by atoms with Crippen molar-refractivity contribution in [3.05, 3.63) is 30.3 Å². The summed E-state index contributed by atoms with van der Waals surface area (Å²) in [4.78, 5) is 2.45. The van der Waals surface area contributed by atoms with E-state index >= 15 is 0 Å². The minimum Gasteiger partial charge on any atom is -0.518 e. The number of hydrogen-bond donors (Lipinski definition) is 0. The largest absolute Gasteiger partial charge is 0.518 e. The molecule has 2 rings (SSSR count). The van der Waals surface area contributed by atoms with E-state index in [1.807, 2.05) is 24.3 Å². The standard InChI is InChI=1S/C12H16NO.BrH.Zn/c1-2-6-12(7-3-1)14-11-10-13-8-4-5-9-13;;/h2-3,6-7H,4-5,8-11H2;1H;/q-1;;+2/p-1. The predicted octanol–water partition coefficient (Wildman–Crippen LogP) is 2.80. The van der Waals surface area contributed by atoms with E-state index in [0.717, 1.165) is 18.9 Å². The summed E-state index contributed by atoms with van der Waals surface area (Å²) in [6, 6.07) is 10.6. The summed E-state index contributed by atoms with van der Waals surface area (Å²) in [6.45, 7) is 4.33. The van der Waals surface area contributed by atoms with Gasteiger partial charge in [0.2, 0.25) is 0 Å². The van der Waals surface area contributed by atoms with E-state index in [1.54, 1.807) is 0 Å². The molecule has 0 amide bonds. The van der Waals surface area contributed by atoms with Crippen LogP contribution in [0.25, 0.3) is 0 Å². The van der Waals surface area contributed by atoms with Gasteiger partial charge in [-0.05, 0) is 25.9 Å². The van der Waals surface area contributed by atoms with Gasteiger partial charge < -0.3 is 4.74 Å². The second kappa shape index (κ2) is 9.15. The van der Waals surface area contributed by atoms with Gasteiger partial charge in [0.1, 0.15) is 0 Å². The fourth-order valence-corrected chi connectivity index (χ4v) is 1.77. The van der Waals surface area contributed by atoms with Crippen LogP contribution in [0, 0.1) is 6.07 Å². The zero-order valence-corrected chi connectivity index (χ0v) is 14.0. The fraction of sp³-hybridized carbons (Fsp3) is 0.500. The van der Waals surface area contributed by atoms with Crippen molar-refractivity contribution in [1.82, 2.24) is 4.90 Å². The first-order valence-corrected chi connectivity index (χ1v) is 12.5. The first kappa shape index (κ1) is 14.1. The Morgan fingerprint density at radius 2 is 1.88 bits per heavy atom. The summed E-state index contributed by atoms with van der Waals surface area (Å²) < 4.78 is 5.61. The van der Waals surface area contributed by atoms with Gasteiger partial charge in [0.05, 0.1) is 6.61 Å². The van der Waals surface area contributed by atoms with Gasteiger partial charge in [0.15, 0.2) is 0 Å². The molecular formula is C12H16BrNOZn. The fourth-order valence-electron chi connectivity index (χ4n) is 1.77. The Kier molecular flexibility index (Phi) is 8.09. The van der Waals surface area contributed by atoms with Gasteiger partial charge in [0.25, 0.3) is 0 Å². The molecule has 0 spiro atoms. The Hall–Kier alpha value is 0.0834. The average Bonchev–Trinajstić information content (AvgIpc) is 2.86. The van der Waals surface area contributed by atoms with E-state index in [1.165, 1.54) is 42.3 Å². The maximum atomic E-state index is 5.61. The normalized spacial score (nSPS) is 15.4. The van der Waals surface area contributed by atoms with Crippen LogP contribution < -0.4 is 4.74 Å². The molecule has 4 heteroatoms. The van der Waals surface area contributed by atoms with Crippen molar-refractivity contribution in [3.63, 3.8) is 0 Å². The number of ether oxygens (including phenoxy) is 1. The first-order chi connectivity index (χ1) is 7.95. The smallest absolute Gasteiger partial charge is 0.0977 e. The maximum absolute atomic E-state index is 5.61. The molecule has 1 saturated heterocycles. The molecule has 16 heavy (non-hydrogen) atoms. The number of likely N-dealkylation sites (tertiary alicyclic amines) is 1. The van der Waals surface area contributed by atoms with Crippen molar-refractivity contribution in [1.29, 1.82) is 0 Å². The van der Waals surface area contributed by atoms with Gasteiger partial charge in [-0.2, -0.15) is 18.2 Å². The van der Waals surface area contributed by atoms with Crippen molar-refractivity contribution in [3.8, 4) is 5.75 Å². The maximum Gasteiger partial charge on any atom is 0.0977 e. The van der Waals surface area contributed by atoms with Crippen molar-refractivity contribution in [2.75, 3.05) is 26.2 Å². The molecule has 0 unspecified atom stereocenters. The molecular weight excluding hydrogens is 319 g/mol. The van der Waals surface area contributed by atoms with Gasteiger partial charge in [0, 0.05) is 12.3 Å². The Bertz CT molecular complexity index is 265. The van der Waals surface area contributed by atoms with Gasteiger partial charge in [-0.25, -0.2) is 0 Å². The van der Waals surface area contributed by atoms with Crippen LogP contribution in [0.4, 0.5) is 0 Å². The molecule has 1 aromatic carbocycles. The molecule has 0 aliphatic carbocycles. The van der Waals surface area contributed by atoms with E-state index in [2.05, 4.69) is 24.6 Å². The first-order valence-electron chi connectivity index (χ1n) is 5.53. The number of rotatable bonds is 4. The molecule has 1 aliphatic heterocycles. The van der Waals surface area contributed by atoms with E-state index in [0.29, 0.717) is 0 Å². The second-order valence-electron chi connectivity index (χ2n) is 3.63. The second-order valence-corrected chi connectivity index (χ2v) is 3.63. The Labute approximate surface area is 114 Å². The quantitative estimate of drug-likeness (QED) is 0.620. The van der Waals surface area contributed by atoms with E-state index in [-0.39, 0.29) is 0 Å². The van der Waals surface area contributed by atoms with Crippen molar-refractivity contribution >= 4 is 13.6 Å². The van der Waals surface area contributed by atoms with Gasteiger partial charge in [-0.15, -0.1) is 12.1 Å². The Morgan fingerprint density at radius 1 is 1.25 bits per heavy atom. The molecule has 0 N–H and O–H groups in total. The number of nitrogens with zero attached hydrogens (tertiary/aromatic N) is 1. The molecule has 1 fully saturated rings. The monoisotopic (exact) mass is 333 g/mol. The zero-order valence-electron chi connectivity index (χ0n) is 9.49. The zero-order chi connectivity index (χ0) is 11.6. The van der Waals surface area contributed by atoms with Crippen molar-refractivity contribution < 1.29 is 21.1 Å². The summed E-state index contributed by atoms with van der Waals surface area (Å²) in [6.07, 6.45) is 2.70. The van der Waals surface area contributed by atoms with Crippen molar-refractivity contribution in [2.24, 2.45) is 0 Å².